The molecule has 1 unspecified atom stereocenters. The lowest BCUT2D eigenvalue weighted by Crippen LogP contribution is -2.34. The van der Waals surface area contributed by atoms with Gasteiger partial charge in [-0.25, -0.2) is 8.42 Å². The van der Waals surface area contributed by atoms with Gasteiger partial charge < -0.3 is 0 Å². The number of sulfonamides is 1. The van der Waals surface area contributed by atoms with E-state index < -0.39 is 21.8 Å². The van der Waals surface area contributed by atoms with Crippen LogP contribution in [0.1, 0.15) is 40.6 Å². The first kappa shape index (κ1) is 17.4. The molecule has 1 atom stereocenters. The minimum Gasteiger partial charge on any atom is -0.288 e. The van der Waals surface area contributed by atoms with Crippen molar-refractivity contribution < 1.29 is 18.0 Å². The highest BCUT2D eigenvalue weighted by Gasteiger charge is 2.20. The molecular weight excluding hydrogens is 334 g/mol. The third kappa shape index (κ3) is 4.27. The molecule has 0 bridgehead atoms. The molecule has 0 fully saturated rings. The van der Waals surface area contributed by atoms with Crippen LogP contribution in [0.25, 0.3) is 0 Å². The van der Waals surface area contributed by atoms with Gasteiger partial charge in [0.1, 0.15) is 0 Å². The fraction of sp³-hybridized carbons (Fsp3) is 0.250. The molecular formula is C16H17NO4S2. The van der Waals surface area contributed by atoms with E-state index in [1.807, 2.05) is 16.2 Å². The van der Waals surface area contributed by atoms with Gasteiger partial charge in [0.2, 0.25) is 21.7 Å². The average molecular weight is 351 g/mol. The quantitative estimate of drug-likeness (QED) is 0.811. The molecule has 2 aromatic rings. The van der Waals surface area contributed by atoms with Gasteiger partial charge in [-0.2, -0.15) is 0 Å². The smallest absolute Gasteiger partial charge is 0.240 e. The van der Waals surface area contributed by atoms with Crippen LogP contribution in [0, 0.1) is 0 Å². The Balaban J connectivity index is 2.13. The van der Waals surface area contributed by atoms with Crippen LogP contribution < -0.4 is 4.72 Å². The first-order valence-corrected chi connectivity index (χ1v) is 9.59. The molecule has 7 heteroatoms. The number of hydrogen-bond donors (Lipinski definition) is 1. The lowest BCUT2D eigenvalue weighted by atomic mass is 9.98. The minimum absolute atomic E-state index is 0.0720. The van der Waals surface area contributed by atoms with E-state index in [9.17, 15) is 18.0 Å². The maximum absolute atomic E-state index is 12.2. The monoisotopic (exact) mass is 351 g/mol. The average Bonchev–Trinajstić information content (AvgIpc) is 3.07. The molecule has 122 valence electrons. The SMILES string of the molecule is CCS(=O)(=O)NC(=O)C(C)c1ccc(C(=O)c2cccs2)cc1. The summed E-state index contributed by atoms with van der Waals surface area (Å²) in [5, 5.41) is 1.84. The van der Waals surface area contributed by atoms with E-state index >= 15 is 0 Å². The highest BCUT2D eigenvalue weighted by atomic mass is 32.2. The van der Waals surface area contributed by atoms with Crippen LogP contribution in [0.2, 0.25) is 0 Å². The second-order valence-electron chi connectivity index (χ2n) is 5.02. The van der Waals surface area contributed by atoms with Crippen LogP contribution in [0.5, 0.6) is 0 Å². The Bertz CT molecular complexity index is 793. The summed E-state index contributed by atoms with van der Waals surface area (Å²) < 4.78 is 24.9. The summed E-state index contributed by atoms with van der Waals surface area (Å²) in [5.74, 6) is -1.43. The van der Waals surface area contributed by atoms with Gasteiger partial charge in [0.05, 0.1) is 16.5 Å². The summed E-state index contributed by atoms with van der Waals surface area (Å²) in [6.07, 6.45) is 0. The Morgan fingerprint density at radius 2 is 1.83 bits per heavy atom. The fourth-order valence-corrected chi connectivity index (χ4v) is 3.25. The van der Waals surface area contributed by atoms with Crippen molar-refractivity contribution in [3.63, 3.8) is 0 Å². The number of carbonyl (C=O) groups excluding carboxylic acids is 2. The third-order valence-electron chi connectivity index (χ3n) is 3.45. The Morgan fingerprint density at radius 1 is 1.17 bits per heavy atom. The zero-order valence-electron chi connectivity index (χ0n) is 12.8. The third-order valence-corrected chi connectivity index (χ3v) is 5.59. The lowest BCUT2D eigenvalue weighted by Gasteiger charge is -2.12. The molecule has 0 aliphatic rings. The largest absolute Gasteiger partial charge is 0.288 e. The fourth-order valence-electron chi connectivity index (χ4n) is 1.94. The number of thiophene rings is 1. The zero-order valence-corrected chi connectivity index (χ0v) is 14.4. The minimum atomic E-state index is -3.58. The number of hydrogen-bond acceptors (Lipinski definition) is 5. The molecule has 0 saturated heterocycles. The standard InChI is InChI=1S/C16H17NO4S2/c1-3-23(20,21)17-16(19)11(2)12-6-8-13(9-7-12)15(18)14-5-4-10-22-14/h4-11H,3H2,1-2H3,(H,17,19). The Morgan fingerprint density at radius 3 is 2.35 bits per heavy atom. The summed E-state index contributed by atoms with van der Waals surface area (Å²) in [7, 11) is -3.58. The van der Waals surface area contributed by atoms with E-state index in [-0.39, 0.29) is 11.5 Å². The van der Waals surface area contributed by atoms with Crippen molar-refractivity contribution in [1.29, 1.82) is 0 Å². The van der Waals surface area contributed by atoms with Gasteiger partial charge in [0.25, 0.3) is 0 Å². The van der Waals surface area contributed by atoms with Crippen molar-refractivity contribution in [3.05, 3.63) is 57.8 Å². The van der Waals surface area contributed by atoms with Crippen molar-refractivity contribution in [1.82, 2.24) is 4.72 Å². The Hall–Kier alpha value is -1.99. The second kappa shape index (κ2) is 7.06. The number of benzene rings is 1. The highest BCUT2D eigenvalue weighted by molar-refractivity contribution is 7.90. The maximum Gasteiger partial charge on any atom is 0.240 e. The van der Waals surface area contributed by atoms with E-state index in [2.05, 4.69) is 0 Å². The molecule has 2 rings (SSSR count). The molecule has 1 aromatic carbocycles. The van der Waals surface area contributed by atoms with E-state index in [1.54, 1.807) is 37.3 Å². The van der Waals surface area contributed by atoms with Crippen LogP contribution in [0.4, 0.5) is 0 Å². The topological polar surface area (TPSA) is 80.3 Å². The Labute approximate surface area is 139 Å². The predicted molar refractivity (Wildman–Crippen MR) is 90.2 cm³/mol. The van der Waals surface area contributed by atoms with Crippen molar-refractivity contribution in [3.8, 4) is 0 Å². The molecule has 0 radical (unpaired) electrons. The second-order valence-corrected chi connectivity index (χ2v) is 7.98. The van der Waals surface area contributed by atoms with Crippen molar-refractivity contribution in [2.24, 2.45) is 0 Å². The number of rotatable bonds is 6. The first-order valence-electron chi connectivity index (χ1n) is 7.06. The summed E-state index contributed by atoms with van der Waals surface area (Å²) in [5.41, 5.74) is 1.18. The van der Waals surface area contributed by atoms with Gasteiger partial charge in [-0.1, -0.05) is 30.3 Å². The number of nitrogens with one attached hydrogen (secondary N) is 1. The van der Waals surface area contributed by atoms with Gasteiger partial charge in [-0.3, -0.25) is 14.3 Å². The predicted octanol–water partition coefficient (Wildman–Crippen LogP) is 2.55. The molecule has 1 heterocycles. The van der Waals surface area contributed by atoms with Crippen molar-refractivity contribution in [2.75, 3.05) is 5.75 Å². The summed E-state index contributed by atoms with van der Waals surface area (Å²) in [6, 6.07) is 10.2. The molecule has 0 aliphatic heterocycles. The normalized spacial score (nSPS) is 12.6. The lowest BCUT2D eigenvalue weighted by molar-refractivity contribution is -0.120. The molecule has 23 heavy (non-hydrogen) atoms. The van der Waals surface area contributed by atoms with Crippen LogP contribution in [0.15, 0.2) is 41.8 Å². The molecule has 1 aromatic heterocycles. The summed E-state index contributed by atoms with van der Waals surface area (Å²) in [6.45, 7) is 3.09. The number of amides is 1. The molecule has 1 N–H and O–H groups in total. The molecule has 0 spiro atoms. The van der Waals surface area contributed by atoms with Crippen LogP contribution in [0.3, 0.4) is 0 Å². The molecule has 0 aliphatic carbocycles. The Kier molecular flexibility index (Phi) is 5.33. The van der Waals surface area contributed by atoms with Gasteiger partial charge in [0.15, 0.2) is 0 Å². The molecule has 1 amide bonds. The number of ketones is 1. The number of carbonyl (C=O) groups is 2. The molecule has 5 nitrogen and oxygen atoms in total. The van der Waals surface area contributed by atoms with Gasteiger partial charge in [-0.05, 0) is 30.9 Å². The summed E-state index contributed by atoms with van der Waals surface area (Å²) in [4.78, 5) is 24.8. The van der Waals surface area contributed by atoms with Crippen LogP contribution in [-0.2, 0) is 14.8 Å². The van der Waals surface area contributed by atoms with E-state index in [0.717, 1.165) is 0 Å². The highest BCUT2D eigenvalue weighted by Crippen LogP contribution is 2.19. The van der Waals surface area contributed by atoms with E-state index in [0.29, 0.717) is 16.0 Å². The molecule has 0 saturated carbocycles. The maximum atomic E-state index is 12.2. The van der Waals surface area contributed by atoms with Crippen molar-refractivity contribution >= 4 is 33.1 Å². The van der Waals surface area contributed by atoms with Crippen molar-refractivity contribution in [2.45, 2.75) is 19.8 Å². The van der Waals surface area contributed by atoms with Crippen LogP contribution in [-0.4, -0.2) is 25.9 Å². The van der Waals surface area contributed by atoms with Gasteiger partial charge in [0, 0.05) is 5.56 Å². The van der Waals surface area contributed by atoms with E-state index in [1.165, 1.54) is 18.3 Å². The van der Waals surface area contributed by atoms with Gasteiger partial charge in [-0.15, -0.1) is 11.3 Å². The van der Waals surface area contributed by atoms with E-state index in [4.69, 9.17) is 0 Å². The van der Waals surface area contributed by atoms with Gasteiger partial charge >= 0.3 is 0 Å². The first-order chi connectivity index (χ1) is 10.8. The van der Waals surface area contributed by atoms with Crippen LogP contribution >= 0.6 is 11.3 Å². The zero-order chi connectivity index (χ0) is 17.0. The summed E-state index contributed by atoms with van der Waals surface area (Å²) >= 11 is 1.37.